The van der Waals surface area contributed by atoms with Crippen molar-refractivity contribution < 1.29 is 28.9 Å². The van der Waals surface area contributed by atoms with Crippen LogP contribution in [0.1, 0.15) is 48.7 Å². The Morgan fingerprint density at radius 3 is 2.82 bits per heavy atom. The zero-order valence-electron chi connectivity index (χ0n) is 18.9. The topological polar surface area (TPSA) is 85.3 Å². The van der Waals surface area contributed by atoms with E-state index < -0.39 is 12.6 Å². The van der Waals surface area contributed by atoms with E-state index in [1.807, 2.05) is 23.1 Å². The van der Waals surface area contributed by atoms with Gasteiger partial charge in [0.15, 0.2) is 6.61 Å². The van der Waals surface area contributed by atoms with Gasteiger partial charge >= 0.3 is 5.97 Å². The van der Waals surface area contributed by atoms with Crippen molar-refractivity contribution in [3.63, 3.8) is 0 Å². The number of piperidine rings is 1. The number of likely N-dealkylation sites (tertiary alicyclic amines) is 1. The molecule has 1 N–H and O–H groups in total. The maximum Gasteiger partial charge on any atom is 0.341 e. The molecule has 3 aliphatic heterocycles. The van der Waals surface area contributed by atoms with Crippen LogP contribution in [-0.4, -0.2) is 53.3 Å². The number of hydrogen-bond donors (Lipinski definition) is 1. The van der Waals surface area contributed by atoms with Gasteiger partial charge in [-0.25, -0.2) is 4.79 Å². The second-order valence-corrected chi connectivity index (χ2v) is 9.69. The monoisotopic (exact) mass is 451 g/mol. The van der Waals surface area contributed by atoms with Crippen LogP contribution in [0.2, 0.25) is 0 Å². The molecule has 0 saturated carbocycles. The van der Waals surface area contributed by atoms with Crippen molar-refractivity contribution in [2.24, 2.45) is 11.8 Å². The fraction of sp³-hybridized carbons (Fsp3) is 0.462. The van der Waals surface area contributed by atoms with Crippen LogP contribution < -0.4 is 9.47 Å². The Morgan fingerprint density at radius 2 is 2.00 bits per heavy atom. The van der Waals surface area contributed by atoms with E-state index in [-0.39, 0.29) is 35.6 Å². The fourth-order valence-corrected chi connectivity index (χ4v) is 5.49. The summed E-state index contributed by atoms with van der Waals surface area (Å²) in [6, 6.07) is 14.9. The summed E-state index contributed by atoms with van der Waals surface area (Å²) < 4.78 is 18.3. The molecule has 0 bridgehead atoms. The number of nitrogens with zero attached hydrogens (tertiary/aromatic N) is 1. The van der Waals surface area contributed by atoms with Crippen molar-refractivity contribution in [1.82, 2.24) is 4.90 Å². The lowest BCUT2D eigenvalue weighted by molar-refractivity contribution is -0.184. The summed E-state index contributed by atoms with van der Waals surface area (Å²) in [5.41, 5.74) is 1.27. The first-order valence-electron chi connectivity index (χ1n) is 11.5. The number of carboxylic acid groups (broad SMARTS) is 1. The normalized spacial score (nSPS) is 27.4. The summed E-state index contributed by atoms with van der Waals surface area (Å²) in [7, 11) is 0. The molecule has 5 rings (SSSR count). The molecule has 0 aliphatic carbocycles. The Bertz CT molecular complexity index is 1070. The third kappa shape index (κ3) is 4.17. The number of amides is 1. The van der Waals surface area contributed by atoms with Crippen LogP contribution in [0.15, 0.2) is 48.5 Å². The molecule has 0 aromatic heterocycles. The number of hydrogen-bond acceptors (Lipinski definition) is 5. The molecule has 2 saturated heterocycles. The van der Waals surface area contributed by atoms with Gasteiger partial charge in [-0.05, 0) is 51.0 Å². The molecule has 174 valence electrons. The Labute approximate surface area is 193 Å². The van der Waals surface area contributed by atoms with Crippen LogP contribution >= 0.6 is 0 Å². The van der Waals surface area contributed by atoms with E-state index >= 15 is 0 Å². The second-order valence-electron chi connectivity index (χ2n) is 9.69. The van der Waals surface area contributed by atoms with Crippen molar-refractivity contribution in [3.05, 3.63) is 59.7 Å². The second kappa shape index (κ2) is 8.37. The first kappa shape index (κ1) is 21.8. The number of carboxylic acids is 1. The Hall–Kier alpha value is -3.06. The van der Waals surface area contributed by atoms with Gasteiger partial charge in [0.1, 0.15) is 17.1 Å². The number of rotatable bonds is 4. The van der Waals surface area contributed by atoms with E-state index in [4.69, 9.17) is 19.3 Å². The van der Waals surface area contributed by atoms with Gasteiger partial charge < -0.3 is 24.2 Å². The Morgan fingerprint density at radius 1 is 1.18 bits per heavy atom. The molecule has 3 heterocycles. The van der Waals surface area contributed by atoms with Crippen LogP contribution in [0, 0.1) is 11.8 Å². The van der Waals surface area contributed by atoms with Gasteiger partial charge in [0.25, 0.3) is 5.91 Å². The smallest absolute Gasteiger partial charge is 0.341 e. The number of carbonyl (C=O) groups is 2. The van der Waals surface area contributed by atoms with E-state index in [0.29, 0.717) is 24.4 Å². The molecule has 0 radical (unpaired) electrons. The molecule has 1 amide bonds. The van der Waals surface area contributed by atoms with Gasteiger partial charge in [0.2, 0.25) is 0 Å². The lowest BCUT2D eigenvalue weighted by atomic mass is 9.70. The minimum atomic E-state index is -1.05. The number of benzene rings is 2. The molecule has 2 fully saturated rings. The third-order valence-corrected chi connectivity index (χ3v) is 7.13. The number of para-hydroxylation sites is 1. The number of fused-ring (bicyclic) bond motifs is 4. The third-order valence-electron chi connectivity index (χ3n) is 7.13. The zero-order valence-corrected chi connectivity index (χ0v) is 18.9. The predicted octanol–water partition coefficient (Wildman–Crippen LogP) is 3.93. The van der Waals surface area contributed by atoms with Crippen LogP contribution in [0.4, 0.5) is 0 Å². The molecular weight excluding hydrogens is 422 g/mol. The first-order chi connectivity index (χ1) is 15.8. The standard InChI is InChI=1S/C26H29NO6/c1-26(2)20-13-17-14-27(25(30)16-6-5-7-18(12-16)31-15-23(28)29)11-10-21(17)32-24(20)19-8-3-4-9-22(19)33-26/h3-9,12,17,20-21,24H,10-11,13-15H2,1-2H3,(H,28,29)/t17-,20-,21-,24+/m0/s1. The average Bonchev–Trinajstić information content (AvgIpc) is 2.81. The fourth-order valence-electron chi connectivity index (χ4n) is 5.49. The summed E-state index contributed by atoms with van der Waals surface area (Å²) in [6.07, 6.45) is 1.85. The number of aliphatic carboxylic acids is 1. The van der Waals surface area contributed by atoms with Crippen molar-refractivity contribution in [2.45, 2.75) is 44.5 Å². The molecule has 2 aromatic carbocycles. The SMILES string of the molecule is CC1(C)Oc2ccccc2[C@H]2O[C@H]3CCN(C(=O)c4cccc(OCC(=O)O)c4)C[C@@H]3C[C@@H]21. The largest absolute Gasteiger partial charge is 0.487 e. The molecule has 0 unspecified atom stereocenters. The minimum Gasteiger partial charge on any atom is -0.487 e. The lowest BCUT2D eigenvalue weighted by Crippen LogP contribution is -2.56. The Kier molecular flexibility index (Phi) is 5.52. The van der Waals surface area contributed by atoms with Gasteiger partial charge in [0.05, 0.1) is 12.2 Å². The highest BCUT2D eigenvalue weighted by atomic mass is 16.5. The van der Waals surface area contributed by atoms with Crippen molar-refractivity contribution in [2.75, 3.05) is 19.7 Å². The summed E-state index contributed by atoms with van der Waals surface area (Å²) in [4.78, 5) is 25.9. The molecule has 2 aromatic rings. The molecular formula is C26H29NO6. The van der Waals surface area contributed by atoms with Crippen LogP contribution in [0.3, 0.4) is 0 Å². The maximum atomic E-state index is 13.2. The highest BCUT2D eigenvalue weighted by Gasteiger charge is 2.51. The quantitative estimate of drug-likeness (QED) is 0.758. The summed E-state index contributed by atoms with van der Waals surface area (Å²) in [5, 5.41) is 8.82. The molecule has 7 nitrogen and oxygen atoms in total. The summed E-state index contributed by atoms with van der Waals surface area (Å²) in [6.45, 7) is 5.06. The van der Waals surface area contributed by atoms with E-state index in [9.17, 15) is 9.59 Å². The van der Waals surface area contributed by atoms with Crippen molar-refractivity contribution in [1.29, 1.82) is 0 Å². The van der Waals surface area contributed by atoms with Crippen LogP contribution in [-0.2, 0) is 9.53 Å². The zero-order chi connectivity index (χ0) is 23.2. The highest BCUT2D eigenvalue weighted by Crippen LogP contribution is 2.52. The molecule has 7 heteroatoms. The minimum absolute atomic E-state index is 0.0107. The van der Waals surface area contributed by atoms with E-state index in [2.05, 4.69) is 19.9 Å². The number of carbonyl (C=O) groups excluding carboxylic acids is 1. The summed E-state index contributed by atoms with van der Waals surface area (Å²) in [5.74, 6) is 0.601. The summed E-state index contributed by atoms with van der Waals surface area (Å²) >= 11 is 0. The van der Waals surface area contributed by atoms with Gasteiger partial charge in [-0.3, -0.25) is 4.79 Å². The van der Waals surface area contributed by atoms with Crippen LogP contribution in [0.25, 0.3) is 0 Å². The highest BCUT2D eigenvalue weighted by molar-refractivity contribution is 5.94. The molecule has 4 atom stereocenters. The van der Waals surface area contributed by atoms with Gasteiger partial charge in [-0.15, -0.1) is 0 Å². The van der Waals surface area contributed by atoms with Gasteiger partial charge in [-0.2, -0.15) is 0 Å². The predicted molar refractivity (Wildman–Crippen MR) is 120 cm³/mol. The maximum absolute atomic E-state index is 13.2. The van der Waals surface area contributed by atoms with Gasteiger partial charge in [0, 0.05) is 36.1 Å². The number of ether oxygens (including phenoxy) is 3. The molecule has 3 aliphatic rings. The first-order valence-corrected chi connectivity index (χ1v) is 11.5. The molecule has 33 heavy (non-hydrogen) atoms. The lowest BCUT2D eigenvalue weighted by Gasteiger charge is -2.53. The van der Waals surface area contributed by atoms with Crippen molar-refractivity contribution in [3.8, 4) is 11.5 Å². The van der Waals surface area contributed by atoms with Crippen LogP contribution in [0.5, 0.6) is 11.5 Å². The average molecular weight is 452 g/mol. The van der Waals surface area contributed by atoms with Crippen molar-refractivity contribution >= 4 is 11.9 Å². The van der Waals surface area contributed by atoms with E-state index in [1.54, 1.807) is 24.3 Å². The van der Waals surface area contributed by atoms with E-state index in [1.165, 1.54) is 0 Å². The van der Waals surface area contributed by atoms with E-state index in [0.717, 1.165) is 24.2 Å². The van der Waals surface area contributed by atoms with Gasteiger partial charge in [-0.1, -0.05) is 24.3 Å². The molecule has 0 spiro atoms. The Balaban J connectivity index is 1.31.